The highest BCUT2D eigenvalue weighted by Crippen LogP contribution is 2.39. The van der Waals surface area contributed by atoms with Gasteiger partial charge >= 0.3 is 0 Å². The average Bonchev–Trinajstić information content (AvgIpc) is 3.07. The van der Waals surface area contributed by atoms with Crippen LogP contribution in [-0.2, 0) is 9.53 Å². The fourth-order valence-electron chi connectivity index (χ4n) is 2.70. The maximum absolute atomic E-state index is 12.0. The van der Waals surface area contributed by atoms with Gasteiger partial charge in [-0.25, -0.2) is 0 Å². The van der Waals surface area contributed by atoms with Gasteiger partial charge in [-0.15, -0.1) is 0 Å². The maximum atomic E-state index is 12.0. The van der Waals surface area contributed by atoms with Crippen molar-refractivity contribution in [3.8, 4) is 5.75 Å². The predicted molar refractivity (Wildman–Crippen MR) is 83.6 cm³/mol. The van der Waals surface area contributed by atoms with E-state index in [0.29, 0.717) is 12.5 Å². The number of carbonyl (C=O) groups excluding carboxylic acids is 1. The number of benzene rings is 1. The molecule has 2 atom stereocenters. The van der Waals surface area contributed by atoms with E-state index < -0.39 is 0 Å². The van der Waals surface area contributed by atoms with Crippen LogP contribution in [0.15, 0.2) is 16.6 Å². The molecule has 2 aliphatic rings. The quantitative estimate of drug-likeness (QED) is 0.852. The number of fused-ring (bicyclic) bond motifs is 1. The zero-order valence-corrected chi connectivity index (χ0v) is 13.5. The van der Waals surface area contributed by atoms with E-state index in [2.05, 4.69) is 26.6 Å². The van der Waals surface area contributed by atoms with Gasteiger partial charge in [-0.1, -0.05) is 6.92 Å². The van der Waals surface area contributed by atoms with Crippen LogP contribution < -0.4 is 15.4 Å². The molecule has 0 radical (unpaired) electrons. The number of likely N-dealkylation sites (N-methyl/N-ethyl adjacent to an activating group) is 1. The molecule has 0 aromatic heterocycles. The van der Waals surface area contributed by atoms with Gasteiger partial charge in [0.1, 0.15) is 11.8 Å². The topological polar surface area (TPSA) is 59.6 Å². The fourth-order valence-corrected chi connectivity index (χ4v) is 3.18. The molecule has 2 unspecified atom stereocenters. The molecule has 2 N–H and O–H groups in total. The minimum atomic E-state index is -0.279. The summed E-state index contributed by atoms with van der Waals surface area (Å²) in [5.74, 6) is 1.20. The second kappa shape index (κ2) is 6.34. The molecule has 1 amide bonds. The van der Waals surface area contributed by atoms with Gasteiger partial charge in [0.25, 0.3) is 0 Å². The lowest BCUT2D eigenvalue weighted by Crippen LogP contribution is -2.27. The summed E-state index contributed by atoms with van der Waals surface area (Å²) in [6.45, 7) is 4.96. The number of nitrogens with one attached hydrogen (secondary N) is 2. The van der Waals surface area contributed by atoms with E-state index >= 15 is 0 Å². The van der Waals surface area contributed by atoms with Gasteiger partial charge in [0, 0.05) is 29.8 Å². The zero-order chi connectivity index (χ0) is 14.8. The van der Waals surface area contributed by atoms with Crippen LogP contribution in [0.5, 0.6) is 5.75 Å². The number of anilines is 1. The Morgan fingerprint density at radius 3 is 3.10 bits per heavy atom. The number of rotatable bonds is 5. The smallest absolute Gasteiger partial charge is 0.246 e. The van der Waals surface area contributed by atoms with Crippen LogP contribution in [-0.4, -0.2) is 32.3 Å². The molecule has 1 saturated heterocycles. The minimum absolute atomic E-state index is 0.0138. The predicted octanol–water partition coefficient (Wildman–Crippen LogP) is 2.47. The third-order valence-electron chi connectivity index (χ3n) is 3.84. The molecule has 0 bridgehead atoms. The van der Waals surface area contributed by atoms with Gasteiger partial charge in [-0.2, -0.15) is 0 Å². The summed E-state index contributed by atoms with van der Waals surface area (Å²) in [6.07, 6.45) is 1.04. The van der Waals surface area contributed by atoms with Crippen molar-refractivity contribution in [2.24, 2.45) is 5.92 Å². The molecule has 0 spiro atoms. The summed E-state index contributed by atoms with van der Waals surface area (Å²) in [5, 5.41) is 6.08. The van der Waals surface area contributed by atoms with Gasteiger partial charge in [-0.05, 0) is 35.0 Å². The molecule has 0 saturated carbocycles. The first-order chi connectivity index (χ1) is 10.2. The number of amides is 1. The van der Waals surface area contributed by atoms with Crippen LogP contribution in [0.25, 0.3) is 0 Å². The van der Waals surface area contributed by atoms with E-state index in [1.807, 2.05) is 19.1 Å². The van der Waals surface area contributed by atoms with E-state index in [0.717, 1.165) is 47.7 Å². The van der Waals surface area contributed by atoms with E-state index in [4.69, 9.17) is 9.47 Å². The molecule has 1 fully saturated rings. The number of ether oxygens (including phenoxy) is 2. The van der Waals surface area contributed by atoms with Crippen LogP contribution in [0.1, 0.15) is 24.9 Å². The number of hydrogen-bond donors (Lipinski definition) is 2. The Hall–Kier alpha value is -1.11. The van der Waals surface area contributed by atoms with Crippen molar-refractivity contribution in [2.75, 3.05) is 31.7 Å². The first kappa shape index (κ1) is 14.8. The van der Waals surface area contributed by atoms with Crippen molar-refractivity contribution < 1.29 is 14.3 Å². The molecule has 5 nitrogen and oxygen atoms in total. The molecule has 1 aromatic rings. The minimum Gasteiger partial charge on any atom is -0.492 e. The monoisotopic (exact) mass is 354 g/mol. The highest BCUT2D eigenvalue weighted by atomic mass is 79.9. The Morgan fingerprint density at radius 2 is 2.38 bits per heavy atom. The third kappa shape index (κ3) is 3.07. The molecule has 2 heterocycles. The van der Waals surface area contributed by atoms with Crippen LogP contribution in [0.2, 0.25) is 0 Å². The van der Waals surface area contributed by atoms with Crippen molar-refractivity contribution in [1.82, 2.24) is 5.32 Å². The Morgan fingerprint density at radius 1 is 1.52 bits per heavy atom. The molecular weight excluding hydrogens is 336 g/mol. The fraction of sp³-hybridized carbons (Fsp3) is 0.533. The summed E-state index contributed by atoms with van der Waals surface area (Å²) in [7, 11) is 0. The highest BCUT2D eigenvalue weighted by Gasteiger charge is 2.31. The summed E-state index contributed by atoms with van der Waals surface area (Å²) >= 11 is 3.53. The number of carbonyl (C=O) groups is 1. The van der Waals surface area contributed by atoms with Crippen molar-refractivity contribution in [2.45, 2.75) is 19.4 Å². The largest absolute Gasteiger partial charge is 0.492 e. The Balaban J connectivity index is 1.75. The van der Waals surface area contributed by atoms with Crippen LogP contribution >= 0.6 is 15.9 Å². The second-order valence-electron chi connectivity index (χ2n) is 5.39. The highest BCUT2D eigenvalue weighted by molar-refractivity contribution is 9.10. The van der Waals surface area contributed by atoms with E-state index in [9.17, 15) is 4.79 Å². The Bertz CT molecular complexity index is 544. The molecule has 21 heavy (non-hydrogen) atoms. The molecule has 3 rings (SSSR count). The summed E-state index contributed by atoms with van der Waals surface area (Å²) in [5.41, 5.74) is 1.79. The normalized spacial score (nSPS) is 24.0. The first-order valence-corrected chi connectivity index (χ1v) is 8.06. The van der Waals surface area contributed by atoms with Crippen LogP contribution in [0.3, 0.4) is 0 Å². The summed E-state index contributed by atoms with van der Waals surface area (Å²) < 4.78 is 12.1. The van der Waals surface area contributed by atoms with Gasteiger partial charge < -0.3 is 20.1 Å². The summed E-state index contributed by atoms with van der Waals surface area (Å²) in [4.78, 5) is 12.0. The van der Waals surface area contributed by atoms with E-state index in [-0.39, 0.29) is 11.9 Å². The van der Waals surface area contributed by atoms with Crippen molar-refractivity contribution >= 4 is 27.5 Å². The third-order valence-corrected chi connectivity index (χ3v) is 4.46. The van der Waals surface area contributed by atoms with Gasteiger partial charge in [0.15, 0.2) is 0 Å². The van der Waals surface area contributed by atoms with Crippen molar-refractivity contribution in [3.05, 3.63) is 22.2 Å². The molecule has 114 valence electrons. The maximum Gasteiger partial charge on any atom is 0.246 e. The lowest BCUT2D eigenvalue weighted by atomic mass is 10.1. The first-order valence-electron chi connectivity index (χ1n) is 7.27. The van der Waals surface area contributed by atoms with Crippen LogP contribution in [0.4, 0.5) is 5.69 Å². The Kier molecular flexibility index (Phi) is 4.47. The second-order valence-corrected chi connectivity index (χ2v) is 6.24. The van der Waals surface area contributed by atoms with Gasteiger partial charge in [-0.3, -0.25) is 4.79 Å². The zero-order valence-electron chi connectivity index (χ0n) is 11.9. The van der Waals surface area contributed by atoms with Gasteiger partial charge in [0.2, 0.25) is 5.91 Å². The molecule has 1 aromatic carbocycles. The molecule has 2 aliphatic heterocycles. The lowest BCUT2D eigenvalue weighted by Gasteiger charge is -2.14. The van der Waals surface area contributed by atoms with E-state index in [1.54, 1.807) is 0 Å². The summed E-state index contributed by atoms with van der Waals surface area (Å²) in [6, 6.07) is 3.57. The van der Waals surface area contributed by atoms with Crippen LogP contribution in [0, 0.1) is 5.92 Å². The number of hydrogen-bond acceptors (Lipinski definition) is 4. The SMILES string of the molecule is CCNC1C(=O)Nc2cc(OCC3CCOC3)c(Br)cc21. The van der Waals surface area contributed by atoms with Crippen molar-refractivity contribution in [1.29, 1.82) is 0 Å². The molecule has 6 heteroatoms. The standard InChI is InChI=1S/C15H19BrN2O3/c1-2-17-14-10-5-11(16)13(6-12(10)18-15(14)19)21-8-9-3-4-20-7-9/h5-6,9,14,17H,2-4,7-8H2,1H3,(H,18,19). The van der Waals surface area contributed by atoms with Crippen molar-refractivity contribution in [3.63, 3.8) is 0 Å². The average molecular weight is 355 g/mol. The lowest BCUT2D eigenvalue weighted by molar-refractivity contribution is -0.117. The van der Waals surface area contributed by atoms with E-state index in [1.165, 1.54) is 0 Å². The molecular formula is C15H19BrN2O3. The van der Waals surface area contributed by atoms with Gasteiger partial charge in [0.05, 0.1) is 17.7 Å². The Labute approximate surface area is 132 Å². The number of halogens is 1. The molecule has 0 aliphatic carbocycles.